The lowest BCUT2D eigenvalue weighted by molar-refractivity contribution is 0.718. The van der Waals surface area contributed by atoms with Crippen LogP contribution in [-0.4, -0.2) is 14.1 Å². The molecule has 0 bridgehead atoms. The minimum atomic E-state index is -0.394. The van der Waals surface area contributed by atoms with E-state index in [1.807, 2.05) is 13.0 Å². The molecule has 0 fully saturated rings. The highest BCUT2D eigenvalue weighted by Gasteiger charge is 2.06. The van der Waals surface area contributed by atoms with Gasteiger partial charge in [0.25, 0.3) is 5.56 Å². The third-order valence-corrected chi connectivity index (χ3v) is 2.40. The Morgan fingerprint density at radius 3 is 2.69 bits per heavy atom. The Morgan fingerprint density at radius 2 is 2.00 bits per heavy atom. The van der Waals surface area contributed by atoms with Crippen molar-refractivity contribution in [2.75, 3.05) is 0 Å². The van der Waals surface area contributed by atoms with Crippen LogP contribution in [0.25, 0.3) is 5.82 Å². The van der Waals surface area contributed by atoms with Crippen LogP contribution in [0.2, 0.25) is 0 Å². The fraction of sp³-hybridized carbons (Fsp3) is 0.182. The number of pyridine rings is 1. The Kier molecular flexibility index (Phi) is 2.44. The Bertz CT molecular complexity index is 640. The molecule has 16 heavy (non-hydrogen) atoms. The molecule has 0 saturated heterocycles. The first-order valence-corrected chi connectivity index (χ1v) is 4.82. The second-order valence-electron chi connectivity index (χ2n) is 3.51. The molecule has 0 radical (unpaired) electrons. The van der Waals surface area contributed by atoms with Crippen molar-refractivity contribution in [1.29, 1.82) is 0 Å². The average molecular weight is 217 g/mol. The van der Waals surface area contributed by atoms with Gasteiger partial charge in [-0.05, 0) is 18.6 Å². The Morgan fingerprint density at radius 1 is 1.25 bits per heavy atom. The SMILES string of the molecule is Cc1cccnc1-n1ccc(=O)n(C)c1=O. The third-order valence-electron chi connectivity index (χ3n) is 2.40. The summed E-state index contributed by atoms with van der Waals surface area (Å²) in [6, 6.07) is 5.00. The Labute approximate surface area is 91.6 Å². The molecule has 5 heteroatoms. The molecule has 0 atom stereocenters. The predicted molar refractivity (Wildman–Crippen MR) is 59.8 cm³/mol. The zero-order chi connectivity index (χ0) is 11.7. The van der Waals surface area contributed by atoms with E-state index in [4.69, 9.17) is 0 Å². The molecule has 2 aromatic rings. The molecule has 0 aliphatic carbocycles. The Hall–Kier alpha value is -2.17. The number of rotatable bonds is 1. The minimum absolute atomic E-state index is 0.324. The summed E-state index contributed by atoms with van der Waals surface area (Å²) in [6.45, 7) is 1.86. The third kappa shape index (κ3) is 1.56. The second-order valence-corrected chi connectivity index (χ2v) is 3.51. The van der Waals surface area contributed by atoms with Gasteiger partial charge in [0, 0.05) is 25.5 Å². The van der Waals surface area contributed by atoms with E-state index in [-0.39, 0.29) is 5.56 Å². The highest BCUT2D eigenvalue weighted by Crippen LogP contribution is 2.05. The van der Waals surface area contributed by atoms with Crippen LogP contribution < -0.4 is 11.2 Å². The zero-order valence-corrected chi connectivity index (χ0v) is 9.04. The van der Waals surface area contributed by atoms with Gasteiger partial charge in [0.2, 0.25) is 0 Å². The average Bonchev–Trinajstić information content (AvgIpc) is 2.28. The summed E-state index contributed by atoms with van der Waals surface area (Å²) in [6.07, 6.45) is 3.06. The first-order valence-electron chi connectivity index (χ1n) is 4.82. The van der Waals surface area contributed by atoms with Crippen molar-refractivity contribution < 1.29 is 0 Å². The molecule has 2 heterocycles. The van der Waals surface area contributed by atoms with Crippen LogP contribution in [0.5, 0.6) is 0 Å². The smallest absolute Gasteiger partial charge is 0.269 e. The molecule has 82 valence electrons. The molecule has 0 saturated carbocycles. The van der Waals surface area contributed by atoms with Crippen LogP contribution in [-0.2, 0) is 7.05 Å². The predicted octanol–water partition coefficient (Wildman–Crippen LogP) is 0.240. The lowest BCUT2D eigenvalue weighted by Gasteiger charge is -2.07. The second kappa shape index (κ2) is 3.77. The van der Waals surface area contributed by atoms with Gasteiger partial charge >= 0.3 is 5.69 Å². The molecular weight excluding hydrogens is 206 g/mol. The van der Waals surface area contributed by atoms with E-state index < -0.39 is 5.69 Å². The van der Waals surface area contributed by atoms with E-state index in [2.05, 4.69) is 4.98 Å². The normalized spacial score (nSPS) is 10.4. The van der Waals surface area contributed by atoms with Gasteiger partial charge in [-0.3, -0.25) is 13.9 Å². The number of aryl methyl sites for hydroxylation is 1. The summed E-state index contributed by atoms with van der Waals surface area (Å²) in [5.74, 6) is 0.545. The molecule has 0 N–H and O–H groups in total. The largest absolute Gasteiger partial charge is 0.336 e. The van der Waals surface area contributed by atoms with Gasteiger partial charge in [-0.1, -0.05) is 6.07 Å². The van der Waals surface area contributed by atoms with E-state index in [9.17, 15) is 9.59 Å². The number of hydrogen-bond acceptors (Lipinski definition) is 3. The van der Waals surface area contributed by atoms with Crippen molar-refractivity contribution in [2.45, 2.75) is 6.92 Å². The van der Waals surface area contributed by atoms with Gasteiger partial charge in [0.1, 0.15) is 5.82 Å². The fourth-order valence-electron chi connectivity index (χ4n) is 1.46. The van der Waals surface area contributed by atoms with E-state index in [1.165, 1.54) is 23.9 Å². The number of aromatic nitrogens is 3. The van der Waals surface area contributed by atoms with Gasteiger partial charge in [-0.2, -0.15) is 0 Å². The molecule has 2 rings (SSSR count). The molecule has 0 amide bonds. The van der Waals surface area contributed by atoms with E-state index in [0.717, 1.165) is 10.1 Å². The zero-order valence-electron chi connectivity index (χ0n) is 9.04. The standard InChI is InChI=1S/C11H11N3O2/c1-8-4-3-6-12-10(8)14-7-5-9(15)13(2)11(14)16/h3-7H,1-2H3. The van der Waals surface area contributed by atoms with E-state index in [0.29, 0.717) is 5.82 Å². The van der Waals surface area contributed by atoms with Crippen molar-refractivity contribution in [3.8, 4) is 5.82 Å². The molecule has 0 unspecified atom stereocenters. The molecule has 0 aliphatic heterocycles. The maximum Gasteiger partial charge on any atom is 0.336 e. The maximum atomic E-state index is 11.8. The van der Waals surface area contributed by atoms with Crippen LogP contribution >= 0.6 is 0 Å². The van der Waals surface area contributed by atoms with E-state index in [1.54, 1.807) is 12.3 Å². The van der Waals surface area contributed by atoms with Crippen molar-refractivity contribution in [3.05, 3.63) is 57.0 Å². The Balaban J connectivity index is 2.77. The first kappa shape index (κ1) is 10.4. The molecule has 0 aromatic carbocycles. The molecular formula is C11H11N3O2. The maximum absolute atomic E-state index is 11.8. The number of hydrogen-bond donors (Lipinski definition) is 0. The van der Waals surface area contributed by atoms with Crippen LogP contribution in [0, 0.1) is 6.92 Å². The molecule has 2 aromatic heterocycles. The quantitative estimate of drug-likeness (QED) is 0.687. The summed E-state index contributed by atoms with van der Waals surface area (Å²) in [4.78, 5) is 27.2. The van der Waals surface area contributed by atoms with Crippen molar-refractivity contribution in [3.63, 3.8) is 0 Å². The van der Waals surface area contributed by atoms with Crippen LogP contribution in [0.3, 0.4) is 0 Å². The molecule has 0 aliphatic rings. The minimum Gasteiger partial charge on any atom is -0.269 e. The molecule has 0 spiro atoms. The van der Waals surface area contributed by atoms with Gasteiger partial charge < -0.3 is 0 Å². The number of nitrogens with zero attached hydrogens (tertiary/aromatic N) is 3. The van der Waals surface area contributed by atoms with Crippen LogP contribution in [0.4, 0.5) is 0 Å². The van der Waals surface area contributed by atoms with Crippen LogP contribution in [0.15, 0.2) is 40.2 Å². The topological polar surface area (TPSA) is 56.9 Å². The highest BCUT2D eigenvalue weighted by atomic mass is 16.2. The van der Waals surface area contributed by atoms with Crippen molar-refractivity contribution >= 4 is 0 Å². The van der Waals surface area contributed by atoms with Crippen molar-refractivity contribution in [2.24, 2.45) is 7.05 Å². The van der Waals surface area contributed by atoms with Crippen molar-refractivity contribution in [1.82, 2.24) is 14.1 Å². The lowest BCUT2D eigenvalue weighted by atomic mass is 10.3. The van der Waals surface area contributed by atoms with Gasteiger partial charge in [0.15, 0.2) is 0 Å². The molecule has 5 nitrogen and oxygen atoms in total. The summed E-state index contributed by atoms with van der Waals surface area (Å²) >= 11 is 0. The van der Waals surface area contributed by atoms with Gasteiger partial charge in [-0.15, -0.1) is 0 Å². The van der Waals surface area contributed by atoms with Gasteiger partial charge in [0.05, 0.1) is 0 Å². The summed E-state index contributed by atoms with van der Waals surface area (Å²) < 4.78 is 2.41. The highest BCUT2D eigenvalue weighted by molar-refractivity contribution is 5.31. The van der Waals surface area contributed by atoms with E-state index >= 15 is 0 Å². The van der Waals surface area contributed by atoms with Gasteiger partial charge in [-0.25, -0.2) is 9.78 Å². The lowest BCUT2D eigenvalue weighted by Crippen LogP contribution is -2.36. The summed E-state index contributed by atoms with van der Waals surface area (Å²) in [5.41, 5.74) is 0.160. The first-order chi connectivity index (χ1) is 7.61. The fourth-order valence-corrected chi connectivity index (χ4v) is 1.46. The monoisotopic (exact) mass is 217 g/mol. The summed E-state index contributed by atoms with van der Waals surface area (Å²) in [5, 5.41) is 0. The summed E-state index contributed by atoms with van der Waals surface area (Å²) in [7, 11) is 1.44. The van der Waals surface area contributed by atoms with Crippen LogP contribution in [0.1, 0.15) is 5.56 Å².